The van der Waals surface area contributed by atoms with Gasteiger partial charge in [-0.25, -0.2) is 0 Å². The molecule has 3 aliphatic heterocycles. The standard InChI is InChI=1S/C17H22N4O3S.ClH/c1-21(17-14-4-2-3-5-15(14)25(23,24)20-17)10-16(22)19-13-8-11-6-7-12(9-13)18-11;/h2-5,11-13,18H,6-10H2,1H3,(H,19,22);1H. The van der Waals surface area contributed by atoms with Crippen molar-refractivity contribution in [2.45, 2.75) is 48.7 Å². The number of nitrogens with one attached hydrogen (secondary N) is 2. The van der Waals surface area contributed by atoms with Gasteiger partial charge in [0, 0.05) is 30.7 Å². The maximum atomic E-state index is 12.4. The molecular formula is C17H23ClN4O3S. The Morgan fingerprint density at radius 3 is 2.62 bits per heavy atom. The van der Waals surface area contributed by atoms with E-state index in [0.29, 0.717) is 23.5 Å². The van der Waals surface area contributed by atoms with E-state index in [4.69, 9.17) is 0 Å². The smallest absolute Gasteiger partial charge is 0.285 e. The van der Waals surface area contributed by atoms with Gasteiger partial charge in [0.25, 0.3) is 10.0 Å². The lowest BCUT2D eigenvalue weighted by Gasteiger charge is -2.30. The molecule has 142 valence electrons. The number of amidine groups is 1. The van der Waals surface area contributed by atoms with Crippen LogP contribution in [0.5, 0.6) is 0 Å². The fraction of sp³-hybridized carbons (Fsp3) is 0.529. The van der Waals surface area contributed by atoms with Crippen molar-refractivity contribution in [1.82, 2.24) is 15.5 Å². The molecule has 7 nitrogen and oxygen atoms in total. The minimum Gasteiger partial charge on any atom is -0.352 e. The minimum atomic E-state index is -3.66. The van der Waals surface area contributed by atoms with E-state index in [0.717, 1.165) is 12.8 Å². The molecule has 2 fully saturated rings. The Bertz CT molecular complexity index is 830. The van der Waals surface area contributed by atoms with Gasteiger partial charge in [-0.05, 0) is 37.8 Å². The summed E-state index contributed by atoms with van der Waals surface area (Å²) in [7, 11) is -1.97. The van der Waals surface area contributed by atoms with Crippen LogP contribution >= 0.6 is 12.4 Å². The van der Waals surface area contributed by atoms with Crippen LogP contribution < -0.4 is 10.6 Å². The summed E-state index contributed by atoms with van der Waals surface area (Å²) >= 11 is 0. The number of hydrogen-bond donors (Lipinski definition) is 2. The van der Waals surface area contributed by atoms with Crippen molar-refractivity contribution in [2.75, 3.05) is 13.6 Å². The normalized spacial score (nSPS) is 27.9. The Labute approximate surface area is 159 Å². The number of piperidine rings is 1. The number of rotatable bonds is 3. The van der Waals surface area contributed by atoms with Crippen LogP contribution in [0.1, 0.15) is 31.2 Å². The third-order valence-corrected chi connectivity index (χ3v) is 6.52. The molecule has 26 heavy (non-hydrogen) atoms. The van der Waals surface area contributed by atoms with Crippen molar-refractivity contribution in [2.24, 2.45) is 4.40 Å². The molecule has 9 heteroatoms. The molecule has 1 aromatic rings. The van der Waals surface area contributed by atoms with Gasteiger partial charge in [0.05, 0.1) is 6.54 Å². The summed E-state index contributed by atoms with van der Waals surface area (Å²) in [5.41, 5.74) is 0.553. The third kappa shape index (κ3) is 3.58. The van der Waals surface area contributed by atoms with Gasteiger partial charge in [-0.3, -0.25) is 4.79 Å². The lowest BCUT2D eigenvalue weighted by Crippen LogP contribution is -2.50. The van der Waals surface area contributed by atoms with Crippen molar-refractivity contribution in [1.29, 1.82) is 0 Å². The van der Waals surface area contributed by atoms with Crippen LogP contribution in [0.2, 0.25) is 0 Å². The number of halogens is 1. The number of nitrogens with zero attached hydrogens (tertiary/aromatic N) is 2. The third-order valence-electron chi connectivity index (χ3n) is 5.19. The molecule has 2 unspecified atom stereocenters. The topological polar surface area (TPSA) is 90.9 Å². The second-order valence-corrected chi connectivity index (χ2v) is 8.69. The highest BCUT2D eigenvalue weighted by molar-refractivity contribution is 7.90. The molecule has 2 N–H and O–H groups in total. The first-order chi connectivity index (χ1) is 11.9. The summed E-state index contributed by atoms with van der Waals surface area (Å²) in [6.45, 7) is 0.0853. The molecule has 2 bridgehead atoms. The van der Waals surface area contributed by atoms with Crippen LogP contribution in [0, 0.1) is 0 Å². The fourth-order valence-electron chi connectivity index (χ4n) is 4.10. The van der Waals surface area contributed by atoms with Gasteiger partial charge in [-0.2, -0.15) is 8.42 Å². The number of hydrogen-bond acceptors (Lipinski definition) is 5. The maximum absolute atomic E-state index is 12.4. The monoisotopic (exact) mass is 398 g/mol. The first-order valence-electron chi connectivity index (χ1n) is 8.63. The zero-order chi connectivity index (χ0) is 17.6. The Hall–Kier alpha value is -1.64. The lowest BCUT2D eigenvalue weighted by molar-refractivity contribution is -0.122. The van der Waals surface area contributed by atoms with Gasteiger partial charge in [0.1, 0.15) is 4.90 Å². The predicted molar refractivity (Wildman–Crippen MR) is 101 cm³/mol. The summed E-state index contributed by atoms with van der Waals surface area (Å²) in [4.78, 5) is 14.2. The molecule has 2 atom stereocenters. The maximum Gasteiger partial charge on any atom is 0.285 e. The van der Waals surface area contributed by atoms with Gasteiger partial charge in [0.2, 0.25) is 5.91 Å². The zero-order valence-electron chi connectivity index (χ0n) is 14.5. The molecule has 4 rings (SSSR count). The Morgan fingerprint density at radius 2 is 1.92 bits per heavy atom. The first-order valence-corrected chi connectivity index (χ1v) is 10.1. The molecule has 1 aromatic carbocycles. The molecule has 0 aromatic heterocycles. The van der Waals surface area contributed by atoms with Crippen molar-refractivity contribution in [3.63, 3.8) is 0 Å². The number of sulfonamides is 1. The highest BCUT2D eigenvalue weighted by Gasteiger charge is 2.35. The summed E-state index contributed by atoms with van der Waals surface area (Å²) in [6, 6.07) is 7.93. The summed E-state index contributed by atoms with van der Waals surface area (Å²) in [5.74, 6) is 0.231. The SMILES string of the molecule is CN(CC(=O)NC1CC2CCC(C1)N2)C1=NS(=O)(=O)c2ccccc21.Cl. The Kier molecular flexibility index (Phi) is 5.28. The minimum absolute atomic E-state index is 0. The molecule has 0 spiro atoms. The molecule has 0 radical (unpaired) electrons. The zero-order valence-corrected chi connectivity index (χ0v) is 16.1. The molecular weight excluding hydrogens is 376 g/mol. The number of carbonyl (C=O) groups excluding carboxylic acids is 1. The van der Waals surface area contributed by atoms with E-state index in [1.54, 1.807) is 36.2 Å². The number of benzene rings is 1. The highest BCUT2D eigenvalue weighted by atomic mass is 35.5. The van der Waals surface area contributed by atoms with E-state index in [2.05, 4.69) is 15.0 Å². The molecule has 3 heterocycles. The number of fused-ring (bicyclic) bond motifs is 3. The highest BCUT2D eigenvalue weighted by Crippen LogP contribution is 2.28. The second-order valence-electron chi connectivity index (χ2n) is 7.12. The van der Waals surface area contributed by atoms with Gasteiger partial charge < -0.3 is 15.5 Å². The van der Waals surface area contributed by atoms with Gasteiger partial charge >= 0.3 is 0 Å². The molecule has 0 saturated carbocycles. The van der Waals surface area contributed by atoms with Crippen LogP contribution in [0.15, 0.2) is 33.6 Å². The summed E-state index contributed by atoms with van der Waals surface area (Å²) in [5, 5.41) is 6.65. The Balaban J connectivity index is 0.00000196. The van der Waals surface area contributed by atoms with Crippen LogP contribution in [0.25, 0.3) is 0 Å². The largest absolute Gasteiger partial charge is 0.352 e. The van der Waals surface area contributed by atoms with Crippen LogP contribution in [0.4, 0.5) is 0 Å². The van der Waals surface area contributed by atoms with E-state index < -0.39 is 10.0 Å². The average molecular weight is 399 g/mol. The van der Waals surface area contributed by atoms with Crippen molar-refractivity contribution < 1.29 is 13.2 Å². The molecule has 1 amide bonds. The molecule has 0 aliphatic carbocycles. The summed E-state index contributed by atoms with van der Waals surface area (Å²) < 4.78 is 28.1. The quantitative estimate of drug-likeness (QED) is 0.789. The Morgan fingerprint density at radius 1 is 1.27 bits per heavy atom. The number of amides is 1. The lowest BCUT2D eigenvalue weighted by atomic mass is 10.00. The first kappa shape index (κ1) is 19.1. The van der Waals surface area contributed by atoms with Crippen LogP contribution in [-0.2, 0) is 14.8 Å². The predicted octanol–water partition coefficient (Wildman–Crippen LogP) is 0.888. The van der Waals surface area contributed by atoms with Crippen molar-refractivity contribution in [3.8, 4) is 0 Å². The van der Waals surface area contributed by atoms with Gasteiger partial charge in [-0.1, -0.05) is 12.1 Å². The number of likely N-dealkylation sites (N-methyl/N-ethyl adjacent to an activating group) is 1. The van der Waals surface area contributed by atoms with E-state index >= 15 is 0 Å². The van der Waals surface area contributed by atoms with E-state index in [-0.39, 0.29) is 35.8 Å². The van der Waals surface area contributed by atoms with Gasteiger partial charge in [-0.15, -0.1) is 16.8 Å². The van der Waals surface area contributed by atoms with E-state index in [9.17, 15) is 13.2 Å². The van der Waals surface area contributed by atoms with Crippen LogP contribution in [0.3, 0.4) is 0 Å². The van der Waals surface area contributed by atoms with E-state index in [1.165, 1.54) is 12.8 Å². The van der Waals surface area contributed by atoms with Crippen LogP contribution in [-0.4, -0.2) is 56.8 Å². The number of carbonyl (C=O) groups is 1. The van der Waals surface area contributed by atoms with Crippen molar-refractivity contribution in [3.05, 3.63) is 29.8 Å². The fourth-order valence-corrected chi connectivity index (χ4v) is 5.35. The molecule has 2 saturated heterocycles. The average Bonchev–Trinajstić information content (AvgIpc) is 3.04. The summed E-state index contributed by atoms with van der Waals surface area (Å²) in [6.07, 6.45) is 4.29. The van der Waals surface area contributed by atoms with E-state index in [1.807, 2.05) is 0 Å². The molecule has 3 aliphatic rings. The van der Waals surface area contributed by atoms with Crippen molar-refractivity contribution >= 4 is 34.2 Å². The second kappa shape index (κ2) is 7.17. The van der Waals surface area contributed by atoms with Gasteiger partial charge in [0.15, 0.2) is 5.84 Å².